The van der Waals surface area contributed by atoms with E-state index in [1.165, 1.54) is 6.07 Å². The van der Waals surface area contributed by atoms with E-state index in [2.05, 4.69) is 32.5 Å². The summed E-state index contributed by atoms with van der Waals surface area (Å²) < 4.78 is 1.08. The van der Waals surface area contributed by atoms with Gasteiger partial charge in [-0.25, -0.2) is 4.99 Å². The van der Waals surface area contributed by atoms with Gasteiger partial charge in [-0.1, -0.05) is 37.1 Å². The van der Waals surface area contributed by atoms with E-state index in [-0.39, 0.29) is 11.3 Å². The molecular weight excluding hydrogens is 557 g/mol. The summed E-state index contributed by atoms with van der Waals surface area (Å²) in [6.45, 7) is 2.17. The van der Waals surface area contributed by atoms with Crippen LogP contribution in [0.1, 0.15) is 47.2 Å². The fraction of sp³-hybridized carbons (Fsp3) is 0.269. The zero-order valence-electron chi connectivity index (χ0n) is 19.1. The first-order chi connectivity index (χ1) is 17.0. The third kappa shape index (κ3) is 5.04. The number of hydrogen-bond donors (Lipinski definition) is 0. The fourth-order valence-corrected chi connectivity index (χ4v) is 5.11. The lowest BCUT2D eigenvalue weighted by Gasteiger charge is -2.22. The molecule has 1 saturated heterocycles. The predicted octanol–water partition coefficient (Wildman–Crippen LogP) is 5.62. The van der Waals surface area contributed by atoms with Crippen molar-refractivity contribution in [3.05, 3.63) is 91.2 Å². The zero-order valence-corrected chi connectivity index (χ0v) is 21.2. The van der Waals surface area contributed by atoms with Crippen LogP contribution in [0.4, 0.5) is 11.4 Å². The lowest BCUT2D eigenvalue weighted by atomic mass is 10.1. The number of nitrogens with zero attached hydrogens (tertiary/aromatic N) is 5. The van der Waals surface area contributed by atoms with Crippen LogP contribution in [0.3, 0.4) is 0 Å². The molecule has 3 aliphatic heterocycles. The number of amides is 1. The Balaban J connectivity index is 1.52. The van der Waals surface area contributed by atoms with Gasteiger partial charge in [0.2, 0.25) is 0 Å². The van der Waals surface area contributed by atoms with Crippen molar-refractivity contribution in [2.24, 2.45) is 9.98 Å². The number of anilines is 1. The Morgan fingerprint density at radius 3 is 2.60 bits per heavy atom. The van der Waals surface area contributed by atoms with Gasteiger partial charge in [-0.2, -0.15) is 4.99 Å². The van der Waals surface area contributed by atoms with Gasteiger partial charge in [0.15, 0.2) is 5.84 Å². The fourth-order valence-electron chi connectivity index (χ4n) is 4.59. The molecule has 1 amide bonds. The van der Waals surface area contributed by atoms with Crippen LogP contribution in [0.15, 0.2) is 74.4 Å². The number of amidine groups is 2. The Morgan fingerprint density at radius 2 is 1.83 bits per heavy atom. The largest absolute Gasteiger partial charge is 0.366 e. The Hall–Kier alpha value is -3.34. The molecule has 0 atom stereocenters. The summed E-state index contributed by atoms with van der Waals surface area (Å²) in [6, 6.07) is 12.4. The molecule has 0 saturated carbocycles. The molecule has 3 aliphatic rings. The molecular formula is C26H24IN5O3. The summed E-state index contributed by atoms with van der Waals surface area (Å²) in [4.78, 5) is 37.8. The normalized spacial score (nSPS) is 18.7. The molecule has 0 unspecified atom stereocenters. The number of benzene rings is 2. The Morgan fingerprint density at radius 1 is 1.06 bits per heavy atom. The lowest BCUT2D eigenvalue weighted by Crippen LogP contribution is -2.25. The van der Waals surface area contributed by atoms with E-state index in [4.69, 9.17) is 4.99 Å². The average molecular weight is 581 g/mol. The first-order valence-electron chi connectivity index (χ1n) is 11.6. The van der Waals surface area contributed by atoms with Crippen molar-refractivity contribution in [1.29, 1.82) is 0 Å². The number of carbonyl (C=O) groups is 1. The predicted molar refractivity (Wildman–Crippen MR) is 145 cm³/mol. The molecule has 0 aliphatic carbocycles. The van der Waals surface area contributed by atoms with Gasteiger partial charge in [-0.3, -0.25) is 14.9 Å². The van der Waals surface area contributed by atoms with Gasteiger partial charge >= 0.3 is 0 Å². The topological polar surface area (TPSA) is 91.4 Å². The Labute approximate surface area is 217 Å². The highest BCUT2D eigenvalue weighted by Crippen LogP contribution is 2.31. The van der Waals surface area contributed by atoms with Crippen LogP contribution in [0, 0.1) is 10.1 Å². The molecule has 1 fully saturated rings. The van der Waals surface area contributed by atoms with Crippen molar-refractivity contribution >= 4 is 51.5 Å². The van der Waals surface area contributed by atoms with E-state index in [0.29, 0.717) is 23.9 Å². The van der Waals surface area contributed by atoms with Crippen LogP contribution in [-0.4, -0.2) is 40.5 Å². The van der Waals surface area contributed by atoms with Crippen LogP contribution in [-0.2, 0) is 6.54 Å². The summed E-state index contributed by atoms with van der Waals surface area (Å²) in [5.41, 5.74) is 2.44. The van der Waals surface area contributed by atoms with Crippen LogP contribution < -0.4 is 4.90 Å². The maximum absolute atomic E-state index is 13.2. The van der Waals surface area contributed by atoms with Crippen LogP contribution in [0.5, 0.6) is 0 Å². The van der Waals surface area contributed by atoms with Crippen molar-refractivity contribution in [2.75, 3.05) is 18.0 Å². The highest BCUT2D eigenvalue weighted by atomic mass is 127. The molecule has 178 valence electrons. The van der Waals surface area contributed by atoms with E-state index in [9.17, 15) is 14.9 Å². The minimum Gasteiger partial charge on any atom is -0.366 e. The second kappa shape index (κ2) is 10.1. The molecule has 2 aromatic rings. The number of allylic oxidation sites excluding steroid dienone is 2. The lowest BCUT2D eigenvalue weighted by molar-refractivity contribution is -0.384. The first-order valence-corrected chi connectivity index (χ1v) is 12.7. The number of carbonyl (C=O) groups excluding carboxylic acids is 1. The molecule has 0 radical (unpaired) electrons. The summed E-state index contributed by atoms with van der Waals surface area (Å²) in [5.74, 6) is 0.441. The Kier molecular flexibility index (Phi) is 6.76. The average Bonchev–Trinajstić information content (AvgIpc) is 3.21. The monoisotopic (exact) mass is 581 g/mol. The number of nitro benzene ring substituents is 1. The molecule has 3 heterocycles. The smallest absolute Gasteiger partial charge is 0.293 e. The molecule has 5 rings (SSSR count). The van der Waals surface area contributed by atoms with Gasteiger partial charge in [-0.15, -0.1) is 0 Å². The van der Waals surface area contributed by atoms with Gasteiger partial charge in [0.1, 0.15) is 11.5 Å². The SMILES string of the molecule is O=C(N=C1N=C2C=CC(I)=CN2Cc2ccccc21)c1ccc(N2CCCCCC2)c([N+](=O)[O-])c1. The van der Waals surface area contributed by atoms with Gasteiger partial charge in [0.05, 0.1) is 4.92 Å². The minimum absolute atomic E-state index is 0.0633. The maximum Gasteiger partial charge on any atom is 0.293 e. The second-order valence-corrected chi connectivity index (χ2v) is 9.95. The highest BCUT2D eigenvalue weighted by molar-refractivity contribution is 14.1. The van der Waals surface area contributed by atoms with Crippen molar-refractivity contribution in [3.63, 3.8) is 0 Å². The standard InChI is InChI=1S/C26H24IN5O3/c27-20-10-12-24-28-25(21-8-4-3-7-19(21)16-31(24)17-20)29-26(33)18-9-11-22(23(15-18)32(34)35)30-13-5-1-2-6-14-30/h3-4,7-12,15,17H,1-2,5-6,13-14,16H2. The maximum atomic E-state index is 13.2. The molecule has 0 spiro atoms. The zero-order chi connectivity index (χ0) is 24.4. The third-order valence-electron chi connectivity index (χ3n) is 6.36. The Bertz CT molecular complexity index is 1310. The minimum atomic E-state index is -0.553. The number of rotatable bonds is 3. The number of hydrogen-bond acceptors (Lipinski definition) is 5. The second-order valence-electron chi connectivity index (χ2n) is 8.70. The van der Waals surface area contributed by atoms with E-state index < -0.39 is 10.8 Å². The van der Waals surface area contributed by atoms with Crippen LogP contribution in [0.2, 0.25) is 0 Å². The van der Waals surface area contributed by atoms with E-state index >= 15 is 0 Å². The summed E-state index contributed by atoms with van der Waals surface area (Å²) in [7, 11) is 0. The van der Waals surface area contributed by atoms with Crippen LogP contribution in [0.25, 0.3) is 0 Å². The number of nitro groups is 1. The van der Waals surface area contributed by atoms with Gasteiger partial charge in [-0.05, 0) is 65.3 Å². The van der Waals surface area contributed by atoms with E-state index in [0.717, 1.165) is 53.5 Å². The first kappa shape index (κ1) is 23.4. The molecule has 8 nitrogen and oxygen atoms in total. The molecule has 2 aromatic carbocycles. The molecule has 0 bridgehead atoms. The molecule has 9 heteroatoms. The van der Waals surface area contributed by atoms with Crippen molar-refractivity contribution < 1.29 is 9.72 Å². The van der Waals surface area contributed by atoms with Gasteiger partial charge in [0, 0.05) is 46.6 Å². The quantitative estimate of drug-likeness (QED) is 0.267. The number of aliphatic imine (C=N–C) groups is 2. The van der Waals surface area contributed by atoms with E-state index in [1.807, 2.05) is 47.5 Å². The van der Waals surface area contributed by atoms with Crippen molar-refractivity contribution in [1.82, 2.24) is 4.90 Å². The van der Waals surface area contributed by atoms with Crippen molar-refractivity contribution in [2.45, 2.75) is 32.2 Å². The molecule has 35 heavy (non-hydrogen) atoms. The molecule has 0 aromatic heterocycles. The van der Waals surface area contributed by atoms with Crippen LogP contribution >= 0.6 is 22.6 Å². The summed E-state index contributed by atoms with van der Waals surface area (Å²) in [5, 5.41) is 11.9. The number of halogens is 1. The molecule has 0 N–H and O–H groups in total. The third-order valence-corrected chi connectivity index (χ3v) is 7.00. The van der Waals surface area contributed by atoms with E-state index in [1.54, 1.807) is 12.1 Å². The summed E-state index contributed by atoms with van der Waals surface area (Å²) >= 11 is 2.25. The van der Waals surface area contributed by atoms with Gasteiger partial charge < -0.3 is 9.80 Å². The summed E-state index contributed by atoms with van der Waals surface area (Å²) in [6.07, 6.45) is 10.1. The highest BCUT2D eigenvalue weighted by Gasteiger charge is 2.25. The van der Waals surface area contributed by atoms with Crippen molar-refractivity contribution in [3.8, 4) is 0 Å². The number of fused-ring (bicyclic) bond motifs is 2. The van der Waals surface area contributed by atoms with Gasteiger partial charge in [0.25, 0.3) is 11.6 Å².